The van der Waals surface area contributed by atoms with Crippen molar-refractivity contribution < 1.29 is 0 Å². The van der Waals surface area contributed by atoms with E-state index in [0.29, 0.717) is 0 Å². The first kappa shape index (κ1) is 13.0. The van der Waals surface area contributed by atoms with Gasteiger partial charge in [-0.3, -0.25) is 0 Å². The first-order valence-corrected chi connectivity index (χ1v) is 7.41. The molecule has 1 aromatic carbocycles. The lowest BCUT2D eigenvalue weighted by molar-refractivity contribution is 0.959. The molecule has 0 unspecified atom stereocenters. The summed E-state index contributed by atoms with van der Waals surface area (Å²) in [5.74, 6) is 1.65. The van der Waals surface area contributed by atoms with Crippen LogP contribution in [0.15, 0.2) is 46.5 Å². The first-order chi connectivity index (χ1) is 9.74. The van der Waals surface area contributed by atoms with Gasteiger partial charge in [0.25, 0.3) is 0 Å². The number of rotatable bonds is 4. The quantitative estimate of drug-likeness (QED) is 0.715. The van der Waals surface area contributed by atoms with E-state index < -0.39 is 0 Å². The van der Waals surface area contributed by atoms with Gasteiger partial charge >= 0.3 is 0 Å². The van der Waals surface area contributed by atoms with Crippen LogP contribution >= 0.6 is 11.8 Å². The summed E-state index contributed by atoms with van der Waals surface area (Å²) in [4.78, 5) is 12.2. The Morgan fingerprint density at radius 1 is 1.20 bits per heavy atom. The van der Waals surface area contributed by atoms with Crippen molar-refractivity contribution in [3.05, 3.63) is 42.2 Å². The van der Waals surface area contributed by atoms with Crippen LogP contribution in [-0.2, 0) is 0 Å². The highest BCUT2D eigenvalue weighted by atomic mass is 32.2. The fourth-order valence-electron chi connectivity index (χ4n) is 2.08. The molecule has 5 heteroatoms. The molecular weight excluding hydrogens is 268 g/mol. The minimum Gasteiger partial charge on any atom is -0.370 e. The van der Waals surface area contributed by atoms with Gasteiger partial charge in [0.1, 0.15) is 16.7 Å². The largest absolute Gasteiger partial charge is 0.370 e. The summed E-state index contributed by atoms with van der Waals surface area (Å²) in [7, 11) is 0. The minimum atomic E-state index is 0.780. The molecule has 3 rings (SSSR count). The standard InChI is InChI=1S/C15H16N4S/c1-3-16-13-9-15(18-10(2)17-13)20-14-8-11-6-4-5-7-12(11)19-14/h4-9,19H,3H2,1-2H3,(H,16,17,18). The summed E-state index contributed by atoms with van der Waals surface area (Å²) in [6.45, 7) is 4.82. The summed E-state index contributed by atoms with van der Waals surface area (Å²) in [5.41, 5.74) is 1.15. The lowest BCUT2D eigenvalue weighted by Crippen LogP contribution is -2.02. The van der Waals surface area contributed by atoms with Crippen molar-refractivity contribution in [3.8, 4) is 0 Å². The Morgan fingerprint density at radius 3 is 2.85 bits per heavy atom. The predicted octanol–water partition coefficient (Wildman–Crippen LogP) is 3.85. The zero-order valence-electron chi connectivity index (χ0n) is 11.5. The number of nitrogens with zero attached hydrogens (tertiary/aromatic N) is 2. The number of aromatic nitrogens is 3. The van der Waals surface area contributed by atoms with Crippen molar-refractivity contribution in [2.24, 2.45) is 0 Å². The topological polar surface area (TPSA) is 53.6 Å². The van der Waals surface area contributed by atoms with E-state index in [-0.39, 0.29) is 0 Å². The number of hydrogen-bond donors (Lipinski definition) is 2. The average Bonchev–Trinajstić information content (AvgIpc) is 2.80. The third kappa shape index (κ3) is 2.77. The molecule has 0 aliphatic rings. The summed E-state index contributed by atoms with van der Waals surface area (Å²) in [5, 5.41) is 6.48. The number of aryl methyl sites for hydroxylation is 1. The van der Waals surface area contributed by atoms with Crippen molar-refractivity contribution in [1.82, 2.24) is 15.0 Å². The van der Waals surface area contributed by atoms with Gasteiger partial charge in [0.15, 0.2) is 0 Å². The Bertz CT molecular complexity index is 703. The van der Waals surface area contributed by atoms with Gasteiger partial charge in [-0.25, -0.2) is 9.97 Å². The third-order valence-corrected chi connectivity index (χ3v) is 3.75. The molecule has 0 aliphatic carbocycles. The molecule has 2 heterocycles. The van der Waals surface area contributed by atoms with E-state index in [4.69, 9.17) is 0 Å². The Hall–Kier alpha value is -2.01. The van der Waals surface area contributed by atoms with Crippen LogP contribution in [0.2, 0.25) is 0 Å². The molecule has 2 aromatic heterocycles. The van der Waals surface area contributed by atoms with Crippen molar-refractivity contribution in [2.75, 3.05) is 11.9 Å². The summed E-state index contributed by atoms with van der Waals surface area (Å²) in [6.07, 6.45) is 0. The third-order valence-electron chi connectivity index (χ3n) is 2.89. The number of aromatic amines is 1. The molecule has 0 atom stereocenters. The highest BCUT2D eigenvalue weighted by Gasteiger charge is 2.06. The fraction of sp³-hybridized carbons (Fsp3) is 0.200. The van der Waals surface area contributed by atoms with Crippen LogP contribution in [0.4, 0.5) is 5.82 Å². The van der Waals surface area contributed by atoms with Gasteiger partial charge in [0, 0.05) is 23.5 Å². The number of hydrogen-bond acceptors (Lipinski definition) is 4. The Labute approximate surface area is 122 Å². The molecule has 0 saturated heterocycles. The average molecular weight is 284 g/mol. The number of para-hydroxylation sites is 1. The van der Waals surface area contributed by atoms with E-state index in [9.17, 15) is 0 Å². The summed E-state index contributed by atoms with van der Waals surface area (Å²) >= 11 is 1.62. The van der Waals surface area contributed by atoms with Gasteiger partial charge in [-0.2, -0.15) is 0 Å². The molecule has 3 aromatic rings. The van der Waals surface area contributed by atoms with Gasteiger partial charge < -0.3 is 10.3 Å². The van der Waals surface area contributed by atoms with E-state index in [0.717, 1.165) is 33.8 Å². The number of anilines is 1. The molecule has 20 heavy (non-hydrogen) atoms. The second kappa shape index (κ2) is 5.54. The van der Waals surface area contributed by atoms with E-state index in [1.165, 1.54) is 5.39 Å². The zero-order chi connectivity index (χ0) is 13.9. The Morgan fingerprint density at radius 2 is 2.05 bits per heavy atom. The number of benzene rings is 1. The van der Waals surface area contributed by atoms with E-state index in [1.807, 2.05) is 25.1 Å². The van der Waals surface area contributed by atoms with Crippen LogP contribution in [0.1, 0.15) is 12.7 Å². The van der Waals surface area contributed by atoms with Gasteiger partial charge in [-0.05, 0) is 26.0 Å². The maximum absolute atomic E-state index is 4.47. The maximum atomic E-state index is 4.47. The number of nitrogens with one attached hydrogen (secondary N) is 2. The van der Waals surface area contributed by atoms with E-state index >= 15 is 0 Å². The highest BCUT2D eigenvalue weighted by Crippen LogP contribution is 2.29. The molecule has 0 aliphatic heterocycles. The smallest absolute Gasteiger partial charge is 0.130 e. The van der Waals surface area contributed by atoms with Crippen LogP contribution in [0.25, 0.3) is 10.9 Å². The van der Waals surface area contributed by atoms with E-state index in [2.05, 4.69) is 45.4 Å². The second-order valence-electron chi connectivity index (χ2n) is 4.49. The molecule has 4 nitrogen and oxygen atoms in total. The van der Waals surface area contributed by atoms with Crippen LogP contribution in [0, 0.1) is 6.92 Å². The lowest BCUT2D eigenvalue weighted by Gasteiger charge is -2.05. The summed E-state index contributed by atoms with van der Waals surface area (Å²) in [6, 6.07) is 12.4. The number of H-pyrrole nitrogens is 1. The van der Waals surface area contributed by atoms with Crippen LogP contribution in [0.5, 0.6) is 0 Å². The fourth-order valence-corrected chi connectivity index (χ4v) is 3.00. The van der Waals surface area contributed by atoms with Crippen LogP contribution in [-0.4, -0.2) is 21.5 Å². The zero-order valence-corrected chi connectivity index (χ0v) is 12.3. The molecule has 0 saturated carbocycles. The Balaban J connectivity index is 1.90. The summed E-state index contributed by atoms with van der Waals surface area (Å²) < 4.78 is 0. The highest BCUT2D eigenvalue weighted by molar-refractivity contribution is 7.99. The lowest BCUT2D eigenvalue weighted by atomic mass is 10.3. The second-order valence-corrected chi connectivity index (χ2v) is 5.55. The van der Waals surface area contributed by atoms with Crippen LogP contribution in [0.3, 0.4) is 0 Å². The normalized spacial score (nSPS) is 10.9. The molecule has 102 valence electrons. The first-order valence-electron chi connectivity index (χ1n) is 6.60. The minimum absolute atomic E-state index is 0.780. The molecule has 0 radical (unpaired) electrons. The predicted molar refractivity (Wildman–Crippen MR) is 83.4 cm³/mol. The van der Waals surface area contributed by atoms with E-state index in [1.54, 1.807) is 11.8 Å². The molecule has 0 fully saturated rings. The molecule has 2 N–H and O–H groups in total. The van der Waals surface area contributed by atoms with Crippen molar-refractivity contribution >= 4 is 28.5 Å². The maximum Gasteiger partial charge on any atom is 0.130 e. The SMILES string of the molecule is CCNc1cc(Sc2cc3ccccc3[nH]2)nc(C)n1. The van der Waals surface area contributed by atoms with Gasteiger partial charge in [0.2, 0.25) is 0 Å². The number of fused-ring (bicyclic) bond motifs is 1. The molecule has 0 bridgehead atoms. The van der Waals surface area contributed by atoms with Crippen LogP contribution < -0.4 is 5.32 Å². The van der Waals surface area contributed by atoms with Gasteiger partial charge in [-0.15, -0.1) is 0 Å². The molecule has 0 spiro atoms. The molecular formula is C15H16N4S. The molecule has 0 amide bonds. The Kier molecular flexibility index (Phi) is 3.60. The van der Waals surface area contributed by atoms with Crippen molar-refractivity contribution in [3.63, 3.8) is 0 Å². The monoisotopic (exact) mass is 284 g/mol. The van der Waals surface area contributed by atoms with Crippen molar-refractivity contribution in [2.45, 2.75) is 23.9 Å². The van der Waals surface area contributed by atoms with Crippen molar-refractivity contribution in [1.29, 1.82) is 0 Å². The van der Waals surface area contributed by atoms with Gasteiger partial charge in [0.05, 0.1) is 5.03 Å². The van der Waals surface area contributed by atoms with Gasteiger partial charge in [-0.1, -0.05) is 30.0 Å².